The van der Waals surface area contributed by atoms with Gasteiger partial charge in [0.1, 0.15) is 12.4 Å². The summed E-state index contributed by atoms with van der Waals surface area (Å²) in [6.45, 7) is 1.91. The highest BCUT2D eigenvalue weighted by atomic mass is 16.5. The van der Waals surface area contributed by atoms with Gasteiger partial charge in [0, 0.05) is 6.42 Å². The molecule has 0 bridgehead atoms. The van der Waals surface area contributed by atoms with Gasteiger partial charge < -0.3 is 10.5 Å². The maximum absolute atomic E-state index is 10.9. The minimum Gasteiger partial charge on any atom is -0.484 e. The third-order valence-corrected chi connectivity index (χ3v) is 1.70. The molecule has 0 radical (unpaired) electrons. The zero-order valence-electron chi connectivity index (χ0n) is 7.62. The quantitative estimate of drug-likeness (QED) is 0.714. The van der Waals surface area contributed by atoms with Gasteiger partial charge in [-0.15, -0.1) is 0 Å². The Balaban J connectivity index is 2.54. The van der Waals surface area contributed by atoms with Crippen LogP contribution in [-0.4, -0.2) is 12.4 Å². The van der Waals surface area contributed by atoms with E-state index < -0.39 is 0 Å². The van der Waals surface area contributed by atoms with E-state index in [9.17, 15) is 4.79 Å². The van der Waals surface area contributed by atoms with Gasteiger partial charge in [-0.1, -0.05) is 19.1 Å². The number of nitrogens with two attached hydrogens (primary N) is 1. The summed E-state index contributed by atoms with van der Waals surface area (Å²) in [5.74, 6) is 0.646. The number of nitrogen functional groups attached to an aromatic ring is 1. The van der Waals surface area contributed by atoms with Gasteiger partial charge in [0.05, 0.1) is 5.69 Å². The summed E-state index contributed by atoms with van der Waals surface area (Å²) >= 11 is 0. The van der Waals surface area contributed by atoms with E-state index in [4.69, 9.17) is 10.5 Å². The van der Waals surface area contributed by atoms with Gasteiger partial charge in [-0.2, -0.15) is 0 Å². The number of benzene rings is 1. The van der Waals surface area contributed by atoms with Crippen molar-refractivity contribution in [1.29, 1.82) is 0 Å². The molecule has 0 aliphatic carbocycles. The number of carbonyl (C=O) groups is 1. The Labute approximate surface area is 77.5 Å². The number of para-hydroxylation sites is 2. The molecule has 13 heavy (non-hydrogen) atoms. The second-order valence-electron chi connectivity index (χ2n) is 2.72. The molecule has 0 unspecified atom stereocenters. The fourth-order valence-corrected chi connectivity index (χ4v) is 0.872. The van der Waals surface area contributed by atoms with E-state index in [1.165, 1.54) is 0 Å². The van der Waals surface area contributed by atoms with Gasteiger partial charge in [-0.25, -0.2) is 0 Å². The molecular weight excluding hydrogens is 166 g/mol. The largest absolute Gasteiger partial charge is 0.484 e. The number of ether oxygens (including phenoxy) is 1. The van der Waals surface area contributed by atoms with Crippen molar-refractivity contribution in [3.8, 4) is 5.75 Å². The highest BCUT2D eigenvalue weighted by molar-refractivity contribution is 5.79. The van der Waals surface area contributed by atoms with E-state index >= 15 is 0 Å². The first-order valence-electron chi connectivity index (χ1n) is 4.23. The first-order valence-corrected chi connectivity index (χ1v) is 4.23. The lowest BCUT2D eigenvalue weighted by Gasteiger charge is -2.06. The molecule has 1 aromatic carbocycles. The van der Waals surface area contributed by atoms with Gasteiger partial charge in [-0.05, 0) is 12.1 Å². The lowest BCUT2D eigenvalue weighted by molar-refractivity contribution is -0.120. The SMILES string of the molecule is CCC(=O)COc1ccccc1N. The molecule has 0 spiro atoms. The summed E-state index contributed by atoms with van der Waals surface area (Å²) in [6.07, 6.45) is 0.493. The van der Waals surface area contributed by atoms with E-state index in [1.807, 2.05) is 12.1 Å². The fraction of sp³-hybridized carbons (Fsp3) is 0.300. The number of Topliss-reactive ketones (excluding diaryl/α,β-unsaturated/α-hetero) is 1. The number of anilines is 1. The Morgan fingerprint density at radius 2 is 2.15 bits per heavy atom. The van der Waals surface area contributed by atoms with Crippen LogP contribution in [0.1, 0.15) is 13.3 Å². The third-order valence-electron chi connectivity index (χ3n) is 1.70. The molecule has 0 saturated heterocycles. The van der Waals surface area contributed by atoms with Crippen LogP contribution in [0.25, 0.3) is 0 Å². The molecule has 1 rings (SSSR count). The van der Waals surface area contributed by atoms with Crippen LogP contribution in [0, 0.1) is 0 Å². The van der Waals surface area contributed by atoms with E-state index in [-0.39, 0.29) is 12.4 Å². The van der Waals surface area contributed by atoms with Crippen molar-refractivity contribution >= 4 is 11.5 Å². The minimum absolute atomic E-state index is 0.0725. The van der Waals surface area contributed by atoms with E-state index in [0.717, 1.165) is 0 Å². The zero-order chi connectivity index (χ0) is 9.68. The smallest absolute Gasteiger partial charge is 0.169 e. The summed E-state index contributed by atoms with van der Waals surface area (Å²) in [6, 6.07) is 7.13. The van der Waals surface area contributed by atoms with Crippen LogP contribution in [-0.2, 0) is 4.79 Å². The predicted octanol–water partition coefficient (Wildman–Crippen LogP) is 1.63. The molecule has 0 fully saturated rings. The highest BCUT2D eigenvalue weighted by Gasteiger charge is 2.01. The van der Waals surface area contributed by atoms with Gasteiger partial charge in [0.25, 0.3) is 0 Å². The van der Waals surface area contributed by atoms with Crippen LogP contribution in [0.3, 0.4) is 0 Å². The lowest BCUT2D eigenvalue weighted by atomic mass is 10.3. The van der Waals surface area contributed by atoms with Gasteiger partial charge in [0.15, 0.2) is 5.78 Å². The highest BCUT2D eigenvalue weighted by Crippen LogP contribution is 2.19. The number of hydrogen-bond donors (Lipinski definition) is 1. The summed E-state index contributed by atoms with van der Waals surface area (Å²) in [4.78, 5) is 10.9. The Morgan fingerprint density at radius 1 is 1.46 bits per heavy atom. The number of ketones is 1. The van der Waals surface area contributed by atoms with E-state index in [1.54, 1.807) is 19.1 Å². The summed E-state index contributed by atoms with van der Waals surface area (Å²) in [5.41, 5.74) is 6.17. The Bertz CT molecular complexity index is 297. The molecule has 2 N–H and O–H groups in total. The van der Waals surface area contributed by atoms with Crippen molar-refractivity contribution in [1.82, 2.24) is 0 Å². The lowest BCUT2D eigenvalue weighted by Crippen LogP contribution is -2.10. The average molecular weight is 179 g/mol. The molecular formula is C10H13NO2. The van der Waals surface area contributed by atoms with Crippen LogP contribution in [0.15, 0.2) is 24.3 Å². The zero-order valence-corrected chi connectivity index (χ0v) is 7.62. The van der Waals surface area contributed by atoms with Gasteiger partial charge >= 0.3 is 0 Å². The van der Waals surface area contributed by atoms with Crippen LogP contribution >= 0.6 is 0 Å². The molecule has 3 heteroatoms. The van der Waals surface area contributed by atoms with Gasteiger partial charge in [0.2, 0.25) is 0 Å². The number of hydrogen-bond acceptors (Lipinski definition) is 3. The van der Waals surface area contributed by atoms with Crippen molar-refractivity contribution in [2.45, 2.75) is 13.3 Å². The van der Waals surface area contributed by atoms with Crippen molar-refractivity contribution in [2.24, 2.45) is 0 Å². The standard InChI is InChI=1S/C10H13NO2/c1-2-8(12)7-13-10-6-4-3-5-9(10)11/h3-6H,2,7,11H2,1H3. The van der Waals surface area contributed by atoms with Crippen molar-refractivity contribution in [3.05, 3.63) is 24.3 Å². The Hall–Kier alpha value is -1.51. The van der Waals surface area contributed by atoms with E-state index in [2.05, 4.69) is 0 Å². The van der Waals surface area contributed by atoms with Crippen LogP contribution < -0.4 is 10.5 Å². The predicted molar refractivity (Wildman–Crippen MR) is 51.6 cm³/mol. The Morgan fingerprint density at radius 3 is 2.77 bits per heavy atom. The second kappa shape index (κ2) is 4.50. The molecule has 0 amide bonds. The van der Waals surface area contributed by atoms with Crippen LogP contribution in [0.5, 0.6) is 5.75 Å². The summed E-state index contributed by atoms with van der Waals surface area (Å²) in [7, 11) is 0. The van der Waals surface area contributed by atoms with Crippen molar-refractivity contribution in [2.75, 3.05) is 12.3 Å². The molecule has 0 aliphatic rings. The first kappa shape index (κ1) is 9.58. The molecule has 0 saturated carbocycles. The normalized spacial score (nSPS) is 9.62. The molecule has 0 aliphatic heterocycles. The van der Waals surface area contributed by atoms with Crippen molar-refractivity contribution < 1.29 is 9.53 Å². The van der Waals surface area contributed by atoms with Gasteiger partial charge in [-0.3, -0.25) is 4.79 Å². The third kappa shape index (κ3) is 2.78. The molecule has 1 aromatic rings. The number of rotatable bonds is 4. The monoisotopic (exact) mass is 179 g/mol. The molecule has 0 atom stereocenters. The number of carbonyl (C=O) groups excluding carboxylic acids is 1. The summed E-state index contributed by atoms with van der Waals surface area (Å²) < 4.78 is 5.21. The molecule has 70 valence electrons. The average Bonchev–Trinajstić information content (AvgIpc) is 2.16. The van der Waals surface area contributed by atoms with Crippen LogP contribution in [0.4, 0.5) is 5.69 Å². The summed E-state index contributed by atoms with van der Waals surface area (Å²) in [5, 5.41) is 0. The second-order valence-corrected chi connectivity index (χ2v) is 2.72. The molecule has 0 heterocycles. The maximum atomic E-state index is 10.9. The Kier molecular flexibility index (Phi) is 3.31. The van der Waals surface area contributed by atoms with E-state index in [0.29, 0.717) is 17.9 Å². The van der Waals surface area contributed by atoms with Crippen LogP contribution in [0.2, 0.25) is 0 Å². The molecule has 3 nitrogen and oxygen atoms in total. The minimum atomic E-state index is 0.0725. The first-order chi connectivity index (χ1) is 6.24. The molecule has 0 aromatic heterocycles. The maximum Gasteiger partial charge on any atom is 0.169 e. The fourth-order valence-electron chi connectivity index (χ4n) is 0.872. The topological polar surface area (TPSA) is 52.3 Å². The van der Waals surface area contributed by atoms with Crippen molar-refractivity contribution in [3.63, 3.8) is 0 Å².